The highest BCUT2D eigenvalue weighted by atomic mass is 32.1. The molecule has 0 N–H and O–H groups in total. The molecule has 1 heterocycles. The predicted octanol–water partition coefficient (Wildman–Crippen LogP) is 1.91. The second-order valence-electron chi connectivity index (χ2n) is 2.70. The van der Waals surface area contributed by atoms with Crippen molar-refractivity contribution in [3.8, 4) is 0 Å². The molecule has 0 fully saturated rings. The molecule has 3 heteroatoms. The van der Waals surface area contributed by atoms with Crippen LogP contribution in [0.15, 0.2) is 10.9 Å². The van der Waals surface area contributed by atoms with E-state index in [1.807, 2.05) is 12.3 Å². The van der Waals surface area contributed by atoms with Crippen LogP contribution in [0.25, 0.3) is 0 Å². The molecule has 1 aromatic heterocycles. The lowest BCUT2D eigenvalue weighted by Crippen LogP contribution is -2.09. The molecule has 0 spiro atoms. The summed E-state index contributed by atoms with van der Waals surface area (Å²) in [6, 6.07) is 0. The van der Waals surface area contributed by atoms with Crippen LogP contribution in [0.3, 0.4) is 0 Å². The van der Waals surface area contributed by atoms with Crippen molar-refractivity contribution in [1.82, 2.24) is 4.98 Å². The summed E-state index contributed by atoms with van der Waals surface area (Å²) in [6.45, 7) is 3.55. The van der Waals surface area contributed by atoms with Crippen LogP contribution < -0.4 is 0 Å². The fourth-order valence-corrected chi connectivity index (χ4v) is 1.37. The summed E-state index contributed by atoms with van der Waals surface area (Å²) in [5.41, 5.74) is 2.82. The number of rotatable bonds is 3. The maximum atomic E-state index is 10.8. The molecular weight excluding hydrogens is 158 g/mol. The van der Waals surface area contributed by atoms with E-state index < -0.39 is 0 Å². The molecular formula is C8H11NOS. The maximum Gasteiger partial charge on any atom is 0.133 e. The molecule has 0 radical (unpaired) electrons. The Kier molecular flexibility index (Phi) is 2.76. The number of thiazole rings is 1. The molecule has 0 amide bonds. The van der Waals surface area contributed by atoms with Crippen molar-refractivity contribution in [3.05, 3.63) is 16.6 Å². The number of nitrogens with zero attached hydrogens (tertiary/aromatic N) is 1. The summed E-state index contributed by atoms with van der Waals surface area (Å²) >= 11 is 1.57. The molecule has 1 atom stereocenters. The van der Waals surface area contributed by atoms with Crippen molar-refractivity contribution in [2.24, 2.45) is 5.92 Å². The van der Waals surface area contributed by atoms with E-state index in [0.717, 1.165) is 12.1 Å². The minimum atomic E-state index is 0.108. The zero-order valence-corrected chi connectivity index (χ0v) is 7.52. The first kappa shape index (κ1) is 8.40. The van der Waals surface area contributed by atoms with Gasteiger partial charge in [-0.25, -0.2) is 4.98 Å². The highest BCUT2D eigenvalue weighted by molar-refractivity contribution is 7.07. The van der Waals surface area contributed by atoms with Gasteiger partial charge in [-0.3, -0.25) is 4.79 Å². The molecule has 1 unspecified atom stereocenters. The lowest BCUT2D eigenvalue weighted by molar-refractivity contribution is -0.120. The number of hydrogen-bond acceptors (Lipinski definition) is 3. The van der Waals surface area contributed by atoms with Gasteiger partial charge in [0.1, 0.15) is 5.78 Å². The summed E-state index contributed by atoms with van der Waals surface area (Å²) < 4.78 is 0. The number of ketones is 1. The molecule has 2 nitrogen and oxygen atoms in total. The van der Waals surface area contributed by atoms with Crippen LogP contribution in [-0.4, -0.2) is 10.8 Å². The van der Waals surface area contributed by atoms with Gasteiger partial charge < -0.3 is 0 Å². The maximum absolute atomic E-state index is 10.8. The molecule has 0 saturated carbocycles. The first-order valence-electron chi connectivity index (χ1n) is 3.57. The third kappa shape index (κ3) is 2.42. The summed E-state index contributed by atoms with van der Waals surface area (Å²) in [5, 5.41) is 1.99. The van der Waals surface area contributed by atoms with Gasteiger partial charge in [-0.05, 0) is 13.3 Å². The van der Waals surface area contributed by atoms with Crippen molar-refractivity contribution in [1.29, 1.82) is 0 Å². The Morgan fingerprint density at radius 1 is 1.82 bits per heavy atom. The molecule has 1 aromatic rings. The van der Waals surface area contributed by atoms with E-state index in [4.69, 9.17) is 0 Å². The first-order valence-corrected chi connectivity index (χ1v) is 4.52. The summed E-state index contributed by atoms with van der Waals surface area (Å²) in [5.74, 6) is 0.343. The van der Waals surface area contributed by atoms with Gasteiger partial charge in [0.2, 0.25) is 0 Å². The average molecular weight is 169 g/mol. The van der Waals surface area contributed by atoms with Crippen molar-refractivity contribution in [2.75, 3.05) is 0 Å². The lowest BCUT2D eigenvalue weighted by Gasteiger charge is -2.02. The molecule has 0 bridgehead atoms. The Labute approximate surface area is 70.3 Å². The monoisotopic (exact) mass is 169 g/mol. The molecule has 11 heavy (non-hydrogen) atoms. The molecule has 0 aromatic carbocycles. The minimum Gasteiger partial charge on any atom is -0.300 e. The van der Waals surface area contributed by atoms with Crippen molar-refractivity contribution < 1.29 is 4.79 Å². The van der Waals surface area contributed by atoms with E-state index in [1.54, 1.807) is 23.8 Å². The zero-order valence-electron chi connectivity index (χ0n) is 6.70. The fourth-order valence-electron chi connectivity index (χ4n) is 0.796. The van der Waals surface area contributed by atoms with E-state index in [2.05, 4.69) is 4.98 Å². The summed E-state index contributed by atoms with van der Waals surface area (Å²) in [6.07, 6.45) is 0.777. The van der Waals surface area contributed by atoms with Crippen molar-refractivity contribution in [3.63, 3.8) is 0 Å². The van der Waals surface area contributed by atoms with Crippen LogP contribution in [0.5, 0.6) is 0 Å². The van der Waals surface area contributed by atoms with Gasteiger partial charge in [-0.1, -0.05) is 6.92 Å². The summed E-state index contributed by atoms with van der Waals surface area (Å²) in [7, 11) is 0. The van der Waals surface area contributed by atoms with E-state index in [0.29, 0.717) is 0 Å². The topological polar surface area (TPSA) is 30.0 Å². The number of carbonyl (C=O) groups is 1. The van der Waals surface area contributed by atoms with Crippen LogP contribution in [-0.2, 0) is 11.2 Å². The normalized spacial score (nSPS) is 12.9. The van der Waals surface area contributed by atoms with E-state index >= 15 is 0 Å². The Balaban J connectivity index is 2.50. The van der Waals surface area contributed by atoms with Gasteiger partial charge in [0.15, 0.2) is 0 Å². The predicted molar refractivity (Wildman–Crippen MR) is 45.7 cm³/mol. The van der Waals surface area contributed by atoms with Gasteiger partial charge >= 0.3 is 0 Å². The van der Waals surface area contributed by atoms with Crippen LogP contribution in [0, 0.1) is 5.92 Å². The second-order valence-corrected chi connectivity index (χ2v) is 3.41. The highest BCUT2D eigenvalue weighted by Gasteiger charge is 2.08. The van der Waals surface area contributed by atoms with Crippen LogP contribution in [0.4, 0.5) is 0 Å². The smallest absolute Gasteiger partial charge is 0.133 e. The number of carbonyl (C=O) groups excluding carboxylic acids is 1. The molecule has 60 valence electrons. The largest absolute Gasteiger partial charge is 0.300 e. The Bertz CT molecular complexity index is 230. The fraction of sp³-hybridized carbons (Fsp3) is 0.500. The minimum absolute atomic E-state index is 0.108. The Hall–Kier alpha value is -0.700. The lowest BCUT2D eigenvalue weighted by atomic mass is 10.0. The zero-order chi connectivity index (χ0) is 8.27. The number of aromatic nitrogens is 1. The average Bonchev–Trinajstić information content (AvgIpc) is 2.39. The first-order chi connectivity index (χ1) is 5.20. The third-order valence-electron chi connectivity index (χ3n) is 1.69. The number of Topliss-reactive ketones (excluding diaryl/α,β-unsaturated/α-hetero) is 1. The van der Waals surface area contributed by atoms with E-state index in [-0.39, 0.29) is 11.7 Å². The van der Waals surface area contributed by atoms with E-state index in [9.17, 15) is 4.79 Å². The molecule has 0 aliphatic carbocycles. The quantitative estimate of drug-likeness (QED) is 0.691. The van der Waals surface area contributed by atoms with Crippen molar-refractivity contribution >= 4 is 17.1 Å². The van der Waals surface area contributed by atoms with E-state index in [1.165, 1.54) is 0 Å². The van der Waals surface area contributed by atoms with Gasteiger partial charge in [0.05, 0.1) is 11.2 Å². The molecule has 0 aliphatic heterocycles. The number of hydrogen-bond donors (Lipinski definition) is 0. The van der Waals surface area contributed by atoms with Crippen molar-refractivity contribution in [2.45, 2.75) is 20.3 Å². The molecule has 0 saturated heterocycles. The van der Waals surface area contributed by atoms with Gasteiger partial charge in [-0.15, -0.1) is 11.3 Å². The van der Waals surface area contributed by atoms with Gasteiger partial charge in [0.25, 0.3) is 0 Å². The molecule has 0 aliphatic rings. The standard InChI is InChI=1S/C8H11NOS/c1-6(7(2)10)3-8-4-11-5-9-8/h4-6H,3H2,1-2H3. The highest BCUT2D eigenvalue weighted by Crippen LogP contribution is 2.08. The second kappa shape index (κ2) is 3.62. The van der Waals surface area contributed by atoms with Gasteiger partial charge in [-0.2, -0.15) is 0 Å². The van der Waals surface area contributed by atoms with Crippen LogP contribution >= 0.6 is 11.3 Å². The van der Waals surface area contributed by atoms with Gasteiger partial charge in [0, 0.05) is 11.3 Å². The molecule has 1 rings (SSSR count). The summed E-state index contributed by atoms with van der Waals surface area (Å²) in [4.78, 5) is 15.0. The Morgan fingerprint density at radius 2 is 2.55 bits per heavy atom. The third-order valence-corrected chi connectivity index (χ3v) is 2.33. The van der Waals surface area contributed by atoms with Crippen LogP contribution in [0.2, 0.25) is 0 Å². The Morgan fingerprint density at radius 3 is 3.00 bits per heavy atom. The van der Waals surface area contributed by atoms with Crippen LogP contribution in [0.1, 0.15) is 19.5 Å². The SMILES string of the molecule is CC(=O)C(C)Cc1cscn1.